The molecular weight excluding hydrogens is 490 g/mol. The maximum atomic E-state index is 13.5. The van der Waals surface area contributed by atoms with E-state index in [1.807, 2.05) is 0 Å². The van der Waals surface area contributed by atoms with Crippen molar-refractivity contribution in [3.05, 3.63) is 45.9 Å². The van der Waals surface area contributed by atoms with Crippen molar-refractivity contribution >= 4 is 23.2 Å². The predicted molar refractivity (Wildman–Crippen MR) is 108 cm³/mol. The molecule has 13 heteroatoms. The Bertz CT molecular complexity index is 1070. The zero-order valence-corrected chi connectivity index (χ0v) is 18.7. The first-order chi connectivity index (χ1) is 15.7. The minimum absolute atomic E-state index is 0.0408. The van der Waals surface area contributed by atoms with E-state index in [9.17, 15) is 41.0 Å². The Labute approximate surface area is 194 Å². The summed E-state index contributed by atoms with van der Waals surface area (Å²) in [7, 11) is 0. The fourth-order valence-corrected chi connectivity index (χ4v) is 4.94. The lowest BCUT2D eigenvalue weighted by molar-refractivity contribution is -0.168. The summed E-state index contributed by atoms with van der Waals surface area (Å²) in [5, 5.41) is 11.1. The molecule has 0 saturated carbocycles. The molecule has 2 atom stereocenters. The van der Waals surface area contributed by atoms with E-state index < -0.39 is 57.8 Å². The van der Waals surface area contributed by atoms with Crippen molar-refractivity contribution in [2.45, 2.75) is 50.7 Å². The average molecular weight is 510 g/mol. The number of hydrogen-bond donors (Lipinski definition) is 1. The van der Waals surface area contributed by atoms with Crippen LogP contribution in [0.2, 0.25) is 0 Å². The smallest absolute Gasteiger partial charge is 0.425 e. The molecule has 0 bridgehead atoms. The fraction of sp³-hybridized carbons (Fsp3) is 0.476. The molecule has 1 fully saturated rings. The van der Waals surface area contributed by atoms with Gasteiger partial charge in [0.25, 0.3) is 5.91 Å². The molecule has 6 nitrogen and oxygen atoms in total. The number of rotatable bonds is 5. The van der Waals surface area contributed by atoms with Gasteiger partial charge in [0.15, 0.2) is 0 Å². The normalized spacial score (nSPS) is 21.6. The summed E-state index contributed by atoms with van der Waals surface area (Å²) >= 11 is 0.317. The summed E-state index contributed by atoms with van der Waals surface area (Å²) in [6.07, 6.45) is -8.00. The lowest BCUT2D eigenvalue weighted by Gasteiger charge is -2.48. The SMILES string of the molecule is CC(C)[C@H]1N(C(=O)c2cnccc2C(F)(F)F)CCC[C@@]1(Oc1csc(C(F)(F)F)c1)C(=O)O. The molecule has 0 spiro atoms. The van der Waals surface area contributed by atoms with Crippen LogP contribution < -0.4 is 4.74 Å². The van der Waals surface area contributed by atoms with Crippen molar-refractivity contribution in [1.29, 1.82) is 0 Å². The standard InChI is InChI=1S/C21H20F6N2O4S/c1-11(2)16-19(18(31)32,33-12-8-15(34-10-12)21(25,26)27)5-3-7-29(16)17(30)13-9-28-6-4-14(13)20(22,23)24/h4,6,8-11,16H,3,5,7H2,1-2H3,(H,31,32)/t16-,19+/m1/s1. The van der Waals surface area contributed by atoms with Gasteiger partial charge in [-0.25, -0.2) is 4.79 Å². The molecule has 2 aromatic heterocycles. The van der Waals surface area contributed by atoms with Gasteiger partial charge in [-0.3, -0.25) is 9.78 Å². The van der Waals surface area contributed by atoms with Crippen LogP contribution in [0.5, 0.6) is 5.75 Å². The largest absolute Gasteiger partial charge is 0.478 e. The number of pyridine rings is 1. The second kappa shape index (κ2) is 9.08. The van der Waals surface area contributed by atoms with Gasteiger partial charge in [0.05, 0.1) is 17.2 Å². The van der Waals surface area contributed by atoms with Crippen LogP contribution in [0.1, 0.15) is 47.5 Å². The van der Waals surface area contributed by atoms with E-state index in [2.05, 4.69) is 4.98 Å². The highest BCUT2D eigenvalue weighted by Crippen LogP contribution is 2.42. The molecule has 3 heterocycles. The number of thiophene rings is 1. The van der Waals surface area contributed by atoms with Gasteiger partial charge < -0.3 is 14.7 Å². The lowest BCUT2D eigenvalue weighted by atomic mass is 9.77. The Morgan fingerprint density at radius 2 is 1.91 bits per heavy atom. The summed E-state index contributed by atoms with van der Waals surface area (Å²) in [6.45, 7) is 3.05. The van der Waals surface area contributed by atoms with Gasteiger partial charge in [0, 0.05) is 36.8 Å². The Hall–Kier alpha value is -2.83. The Balaban J connectivity index is 2.06. The fourth-order valence-electron chi connectivity index (χ4n) is 4.26. The molecule has 3 rings (SSSR count). The third kappa shape index (κ3) is 4.84. The molecule has 0 aliphatic carbocycles. The topological polar surface area (TPSA) is 79.7 Å². The van der Waals surface area contributed by atoms with E-state index in [0.717, 1.165) is 22.7 Å². The zero-order chi connectivity index (χ0) is 25.5. The van der Waals surface area contributed by atoms with E-state index in [-0.39, 0.29) is 25.1 Å². The molecule has 0 aromatic carbocycles. The number of nitrogens with zero attached hydrogens (tertiary/aromatic N) is 2. The van der Waals surface area contributed by atoms with Crippen molar-refractivity contribution in [3.8, 4) is 5.75 Å². The molecule has 186 valence electrons. The quantitative estimate of drug-likeness (QED) is 0.549. The first-order valence-electron chi connectivity index (χ1n) is 10.1. The van der Waals surface area contributed by atoms with Crippen LogP contribution >= 0.6 is 11.3 Å². The van der Waals surface area contributed by atoms with Crippen LogP contribution in [0, 0.1) is 5.92 Å². The highest BCUT2D eigenvalue weighted by molar-refractivity contribution is 7.10. The van der Waals surface area contributed by atoms with Crippen molar-refractivity contribution in [1.82, 2.24) is 9.88 Å². The maximum Gasteiger partial charge on any atom is 0.425 e. The highest BCUT2D eigenvalue weighted by atomic mass is 32.1. The number of piperidine rings is 1. The van der Waals surface area contributed by atoms with Gasteiger partial charge in [0.2, 0.25) is 5.60 Å². The molecule has 1 N–H and O–H groups in total. The zero-order valence-electron chi connectivity index (χ0n) is 17.9. The van der Waals surface area contributed by atoms with Crippen LogP contribution in [0.15, 0.2) is 29.9 Å². The van der Waals surface area contributed by atoms with Gasteiger partial charge in [-0.05, 0) is 18.4 Å². The number of carboxylic acids is 1. The van der Waals surface area contributed by atoms with Crippen LogP contribution in [0.25, 0.3) is 0 Å². The second-order valence-corrected chi connectivity index (χ2v) is 9.06. The molecule has 1 aliphatic heterocycles. The molecule has 2 aromatic rings. The summed E-state index contributed by atoms with van der Waals surface area (Å²) in [4.78, 5) is 29.3. The highest BCUT2D eigenvalue weighted by Gasteiger charge is 2.56. The van der Waals surface area contributed by atoms with Gasteiger partial charge in [0.1, 0.15) is 10.6 Å². The number of carboxylic acid groups (broad SMARTS) is 1. The van der Waals surface area contributed by atoms with Gasteiger partial charge >= 0.3 is 18.3 Å². The second-order valence-electron chi connectivity index (χ2n) is 8.15. The van der Waals surface area contributed by atoms with Crippen LogP contribution in [0.3, 0.4) is 0 Å². The minimum Gasteiger partial charge on any atom is -0.478 e. The maximum absolute atomic E-state index is 13.5. The molecule has 0 unspecified atom stereocenters. The summed E-state index contributed by atoms with van der Waals surface area (Å²) < 4.78 is 85.2. The number of alkyl halides is 6. The van der Waals surface area contributed by atoms with E-state index in [4.69, 9.17) is 4.74 Å². The number of aromatic nitrogens is 1. The van der Waals surface area contributed by atoms with E-state index >= 15 is 0 Å². The van der Waals surface area contributed by atoms with Gasteiger partial charge in [-0.2, -0.15) is 26.3 Å². The molecule has 1 aliphatic rings. The lowest BCUT2D eigenvalue weighted by Crippen LogP contribution is -2.67. The first-order valence-corrected chi connectivity index (χ1v) is 11.0. The number of amides is 1. The number of hydrogen-bond acceptors (Lipinski definition) is 5. The van der Waals surface area contributed by atoms with E-state index in [1.165, 1.54) is 0 Å². The Morgan fingerprint density at radius 1 is 1.24 bits per heavy atom. The van der Waals surface area contributed by atoms with Crippen LogP contribution in [0.4, 0.5) is 26.3 Å². The van der Waals surface area contributed by atoms with Gasteiger partial charge in [-0.1, -0.05) is 13.8 Å². The van der Waals surface area contributed by atoms with Crippen molar-refractivity contribution < 1.29 is 45.8 Å². The Kier molecular flexibility index (Phi) is 6.89. The summed E-state index contributed by atoms with van der Waals surface area (Å²) in [6, 6.07) is 0.0323. The molecule has 1 saturated heterocycles. The molecular formula is C21H20F6N2O4S. The van der Waals surface area contributed by atoms with E-state index in [0.29, 0.717) is 23.5 Å². The van der Waals surface area contributed by atoms with Crippen molar-refractivity contribution in [2.75, 3.05) is 6.54 Å². The number of aliphatic carboxylic acids is 1. The van der Waals surface area contributed by atoms with Crippen LogP contribution in [-0.2, 0) is 17.1 Å². The first kappa shape index (κ1) is 25.8. The summed E-state index contributed by atoms with van der Waals surface area (Å²) in [5.74, 6) is -3.61. The number of ether oxygens (including phenoxy) is 1. The van der Waals surface area contributed by atoms with Crippen molar-refractivity contribution in [2.24, 2.45) is 5.92 Å². The third-order valence-electron chi connectivity index (χ3n) is 5.53. The third-order valence-corrected chi connectivity index (χ3v) is 6.48. The molecule has 1 amide bonds. The monoisotopic (exact) mass is 510 g/mol. The predicted octanol–water partition coefficient (Wildman–Crippen LogP) is 5.34. The minimum atomic E-state index is -4.86. The van der Waals surface area contributed by atoms with Gasteiger partial charge in [-0.15, -0.1) is 11.3 Å². The number of halogens is 6. The molecule has 34 heavy (non-hydrogen) atoms. The number of carbonyl (C=O) groups excluding carboxylic acids is 1. The Morgan fingerprint density at radius 3 is 2.44 bits per heavy atom. The summed E-state index contributed by atoms with van der Waals surface area (Å²) in [5.41, 5.74) is -4.15. The average Bonchev–Trinajstić information content (AvgIpc) is 3.21. The molecule has 0 radical (unpaired) electrons. The number of likely N-dealkylation sites (tertiary alicyclic amines) is 1. The number of carbonyl (C=O) groups is 2. The van der Waals surface area contributed by atoms with E-state index in [1.54, 1.807) is 13.8 Å². The van der Waals surface area contributed by atoms with Crippen molar-refractivity contribution in [3.63, 3.8) is 0 Å². The van der Waals surface area contributed by atoms with Crippen LogP contribution in [-0.4, -0.2) is 45.1 Å².